The first-order valence-electron chi connectivity index (χ1n) is 7.60. The molecular formula is C17H18N4O. The fourth-order valence-electron chi connectivity index (χ4n) is 3.02. The first-order valence-corrected chi connectivity index (χ1v) is 7.60. The van der Waals surface area contributed by atoms with Crippen molar-refractivity contribution >= 4 is 11.0 Å². The Bertz CT molecular complexity index is 749. The summed E-state index contributed by atoms with van der Waals surface area (Å²) in [4.78, 5) is 2.40. The predicted octanol–water partition coefficient (Wildman–Crippen LogP) is 2.31. The van der Waals surface area contributed by atoms with Gasteiger partial charge >= 0.3 is 0 Å². The highest BCUT2D eigenvalue weighted by Crippen LogP contribution is 2.26. The number of rotatable bonds is 3. The molecule has 2 heterocycles. The number of ether oxygens (including phenoxy) is 1. The van der Waals surface area contributed by atoms with Crippen molar-refractivity contribution < 1.29 is 4.74 Å². The van der Waals surface area contributed by atoms with Crippen molar-refractivity contribution in [1.29, 1.82) is 0 Å². The van der Waals surface area contributed by atoms with E-state index in [-0.39, 0.29) is 6.17 Å². The molecule has 1 atom stereocenters. The van der Waals surface area contributed by atoms with Gasteiger partial charge in [0.25, 0.3) is 0 Å². The minimum Gasteiger partial charge on any atom is -0.379 e. The SMILES string of the molecule is c1ccc([C@@H](N2CCOCC2)n2nnc3ccccc32)cc1. The van der Waals surface area contributed by atoms with Gasteiger partial charge in [-0.1, -0.05) is 47.7 Å². The van der Waals surface area contributed by atoms with Crippen LogP contribution in [0.4, 0.5) is 0 Å². The van der Waals surface area contributed by atoms with Crippen molar-refractivity contribution in [3.05, 3.63) is 60.2 Å². The summed E-state index contributed by atoms with van der Waals surface area (Å²) < 4.78 is 7.53. The van der Waals surface area contributed by atoms with E-state index < -0.39 is 0 Å². The van der Waals surface area contributed by atoms with Gasteiger partial charge in [-0.15, -0.1) is 5.10 Å². The molecule has 0 unspecified atom stereocenters. The van der Waals surface area contributed by atoms with E-state index in [4.69, 9.17) is 4.74 Å². The zero-order valence-corrected chi connectivity index (χ0v) is 12.3. The monoisotopic (exact) mass is 294 g/mol. The van der Waals surface area contributed by atoms with Crippen LogP contribution in [0.3, 0.4) is 0 Å². The van der Waals surface area contributed by atoms with E-state index in [1.807, 2.05) is 28.9 Å². The maximum absolute atomic E-state index is 5.50. The molecule has 0 radical (unpaired) electrons. The normalized spacial score (nSPS) is 17.6. The summed E-state index contributed by atoms with van der Waals surface area (Å²) in [5.74, 6) is 0. The predicted molar refractivity (Wildman–Crippen MR) is 84.5 cm³/mol. The third kappa shape index (κ3) is 2.38. The maximum Gasteiger partial charge on any atom is 0.132 e. The molecule has 1 saturated heterocycles. The molecule has 22 heavy (non-hydrogen) atoms. The van der Waals surface area contributed by atoms with Crippen LogP contribution in [0.5, 0.6) is 0 Å². The largest absolute Gasteiger partial charge is 0.379 e. The number of para-hydroxylation sites is 1. The Morgan fingerprint density at radius 1 is 0.909 bits per heavy atom. The highest BCUT2D eigenvalue weighted by molar-refractivity contribution is 5.74. The lowest BCUT2D eigenvalue weighted by Crippen LogP contribution is -2.42. The van der Waals surface area contributed by atoms with Gasteiger partial charge in [0, 0.05) is 13.1 Å². The Kier molecular flexibility index (Phi) is 3.58. The summed E-state index contributed by atoms with van der Waals surface area (Å²) in [7, 11) is 0. The molecule has 1 aliphatic rings. The molecule has 1 aliphatic heterocycles. The van der Waals surface area contributed by atoms with E-state index in [0.717, 1.165) is 37.3 Å². The summed E-state index contributed by atoms with van der Waals surface area (Å²) in [6.07, 6.45) is 0.0532. The van der Waals surface area contributed by atoms with Crippen LogP contribution in [0.15, 0.2) is 54.6 Å². The van der Waals surface area contributed by atoms with Crippen LogP contribution in [0.2, 0.25) is 0 Å². The van der Waals surface area contributed by atoms with Gasteiger partial charge < -0.3 is 4.74 Å². The number of hydrogen-bond acceptors (Lipinski definition) is 4. The van der Waals surface area contributed by atoms with Crippen LogP contribution >= 0.6 is 0 Å². The van der Waals surface area contributed by atoms with Crippen LogP contribution in [-0.4, -0.2) is 46.2 Å². The summed E-state index contributed by atoms with van der Waals surface area (Å²) in [5, 5.41) is 8.75. The molecule has 0 saturated carbocycles. The topological polar surface area (TPSA) is 43.2 Å². The lowest BCUT2D eigenvalue weighted by Gasteiger charge is -2.34. The van der Waals surface area contributed by atoms with E-state index in [9.17, 15) is 0 Å². The summed E-state index contributed by atoms with van der Waals surface area (Å²) in [6.45, 7) is 3.31. The van der Waals surface area contributed by atoms with E-state index in [0.29, 0.717) is 0 Å². The van der Waals surface area contributed by atoms with Gasteiger partial charge in [-0.3, -0.25) is 4.90 Å². The molecule has 5 nitrogen and oxygen atoms in total. The average molecular weight is 294 g/mol. The quantitative estimate of drug-likeness (QED) is 0.743. The first kappa shape index (κ1) is 13.4. The molecule has 1 fully saturated rings. The zero-order valence-electron chi connectivity index (χ0n) is 12.3. The molecular weight excluding hydrogens is 276 g/mol. The number of fused-ring (bicyclic) bond motifs is 1. The van der Waals surface area contributed by atoms with Crippen molar-refractivity contribution in [2.24, 2.45) is 0 Å². The Morgan fingerprint density at radius 2 is 1.64 bits per heavy atom. The number of aromatic nitrogens is 3. The summed E-state index contributed by atoms with van der Waals surface area (Å²) in [5.41, 5.74) is 3.21. The Balaban J connectivity index is 1.83. The van der Waals surface area contributed by atoms with Gasteiger partial charge in [0.05, 0.1) is 18.7 Å². The van der Waals surface area contributed by atoms with Gasteiger partial charge in [-0.25, -0.2) is 4.68 Å². The fraction of sp³-hybridized carbons (Fsp3) is 0.294. The van der Waals surface area contributed by atoms with Gasteiger partial charge in [-0.2, -0.15) is 0 Å². The van der Waals surface area contributed by atoms with Crippen molar-refractivity contribution in [1.82, 2.24) is 19.9 Å². The van der Waals surface area contributed by atoms with Gasteiger partial charge in [0.2, 0.25) is 0 Å². The van der Waals surface area contributed by atoms with Crippen molar-refractivity contribution in [3.8, 4) is 0 Å². The molecule has 0 bridgehead atoms. The molecule has 2 aromatic carbocycles. The van der Waals surface area contributed by atoms with Crippen molar-refractivity contribution in [3.63, 3.8) is 0 Å². The van der Waals surface area contributed by atoms with Crippen LogP contribution in [0.25, 0.3) is 11.0 Å². The van der Waals surface area contributed by atoms with E-state index >= 15 is 0 Å². The van der Waals surface area contributed by atoms with Crippen molar-refractivity contribution in [2.45, 2.75) is 6.17 Å². The van der Waals surface area contributed by atoms with E-state index in [1.165, 1.54) is 5.56 Å². The van der Waals surface area contributed by atoms with E-state index in [1.54, 1.807) is 0 Å². The highest BCUT2D eigenvalue weighted by Gasteiger charge is 2.26. The van der Waals surface area contributed by atoms with Crippen LogP contribution in [-0.2, 0) is 4.74 Å². The summed E-state index contributed by atoms with van der Waals surface area (Å²) in [6, 6.07) is 18.6. The number of morpholine rings is 1. The molecule has 3 aromatic rings. The molecule has 0 N–H and O–H groups in total. The number of benzene rings is 2. The van der Waals surface area contributed by atoms with Crippen molar-refractivity contribution in [2.75, 3.05) is 26.3 Å². The Labute approximate surface area is 129 Å². The molecule has 0 spiro atoms. The third-order valence-corrected chi connectivity index (χ3v) is 4.10. The minimum absolute atomic E-state index is 0.0532. The molecule has 0 aliphatic carbocycles. The fourth-order valence-corrected chi connectivity index (χ4v) is 3.02. The Hall–Kier alpha value is -2.24. The van der Waals surface area contributed by atoms with Crippen LogP contribution in [0.1, 0.15) is 11.7 Å². The second kappa shape index (κ2) is 5.87. The van der Waals surface area contributed by atoms with Gasteiger partial charge in [0.1, 0.15) is 11.7 Å². The van der Waals surface area contributed by atoms with Gasteiger partial charge in [-0.05, 0) is 17.7 Å². The average Bonchev–Trinajstić information content (AvgIpc) is 3.01. The molecule has 5 heteroatoms. The smallest absolute Gasteiger partial charge is 0.132 e. The molecule has 0 amide bonds. The first-order chi connectivity index (χ1) is 10.9. The number of hydrogen-bond donors (Lipinski definition) is 0. The second-order valence-electron chi connectivity index (χ2n) is 5.46. The third-order valence-electron chi connectivity index (χ3n) is 4.10. The molecule has 4 rings (SSSR count). The maximum atomic E-state index is 5.50. The number of nitrogens with zero attached hydrogens (tertiary/aromatic N) is 4. The minimum atomic E-state index is 0.0532. The lowest BCUT2D eigenvalue weighted by molar-refractivity contribution is 0.00713. The second-order valence-corrected chi connectivity index (χ2v) is 5.46. The van der Waals surface area contributed by atoms with Crippen LogP contribution in [0, 0.1) is 0 Å². The van der Waals surface area contributed by atoms with Crippen LogP contribution < -0.4 is 0 Å². The molecule has 1 aromatic heterocycles. The lowest BCUT2D eigenvalue weighted by atomic mass is 10.1. The summed E-state index contributed by atoms with van der Waals surface area (Å²) >= 11 is 0. The Morgan fingerprint density at radius 3 is 2.45 bits per heavy atom. The highest BCUT2D eigenvalue weighted by atomic mass is 16.5. The van der Waals surface area contributed by atoms with E-state index in [2.05, 4.69) is 45.5 Å². The standard InChI is InChI=1S/C17H18N4O/c1-2-6-14(7-3-1)17(20-10-12-22-13-11-20)21-16-9-5-4-8-15(16)18-19-21/h1-9,17H,10-13H2/t17-/m0/s1. The zero-order chi connectivity index (χ0) is 14.8. The van der Waals surface area contributed by atoms with Gasteiger partial charge in [0.15, 0.2) is 0 Å². The molecule has 112 valence electrons.